The van der Waals surface area contributed by atoms with Crippen LogP contribution in [0.15, 0.2) is 30.3 Å². The molecular weight excluding hydrogens is 220 g/mol. The van der Waals surface area contributed by atoms with E-state index < -0.39 is 0 Å². The molecule has 1 nitrogen and oxygen atoms in total. The number of allylic oxidation sites excluding steroid dienone is 1. The summed E-state index contributed by atoms with van der Waals surface area (Å²) >= 11 is 0. The number of unbranched alkanes of at least 4 members (excludes halogenated alkanes) is 2. The molecule has 98 valence electrons. The van der Waals surface area contributed by atoms with E-state index in [0.717, 1.165) is 25.0 Å². The van der Waals surface area contributed by atoms with Crippen LogP contribution < -0.4 is 0 Å². The van der Waals surface area contributed by atoms with Crippen molar-refractivity contribution in [3.8, 4) is 0 Å². The normalized spacial score (nSPS) is 18.7. The lowest BCUT2D eigenvalue weighted by atomic mass is 9.87. The maximum Gasteiger partial charge on any atom is 0.134 e. The third-order valence-electron chi connectivity index (χ3n) is 4.02. The van der Waals surface area contributed by atoms with E-state index in [1.807, 2.05) is 0 Å². The van der Waals surface area contributed by atoms with Gasteiger partial charge in [-0.25, -0.2) is 0 Å². The lowest BCUT2D eigenvalue weighted by Gasteiger charge is -2.27. The van der Waals surface area contributed by atoms with E-state index in [4.69, 9.17) is 4.74 Å². The van der Waals surface area contributed by atoms with Gasteiger partial charge in [0.05, 0.1) is 0 Å². The van der Waals surface area contributed by atoms with Crippen molar-refractivity contribution in [1.82, 2.24) is 0 Å². The van der Waals surface area contributed by atoms with E-state index in [0.29, 0.717) is 0 Å². The van der Waals surface area contributed by atoms with E-state index in [1.54, 1.807) is 0 Å². The summed E-state index contributed by atoms with van der Waals surface area (Å²) in [7, 11) is 0. The monoisotopic (exact) mass is 244 g/mol. The fourth-order valence-corrected chi connectivity index (χ4v) is 2.78. The molecule has 1 heteroatoms. The topological polar surface area (TPSA) is 9.23 Å². The fourth-order valence-electron chi connectivity index (χ4n) is 2.78. The number of hydrogen-bond donors (Lipinski definition) is 0. The molecule has 1 aliphatic rings. The molecule has 0 N–H and O–H groups in total. The van der Waals surface area contributed by atoms with Crippen LogP contribution in [0, 0.1) is 0 Å². The smallest absolute Gasteiger partial charge is 0.134 e. The first-order valence-corrected chi connectivity index (χ1v) is 7.26. The zero-order valence-corrected chi connectivity index (χ0v) is 11.8. The van der Waals surface area contributed by atoms with E-state index in [1.165, 1.54) is 24.0 Å². The van der Waals surface area contributed by atoms with Crippen LogP contribution in [-0.4, -0.2) is 0 Å². The first kappa shape index (κ1) is 13.2. The molecule has 1 aromatic carbocycles. The Kier molecular flexibility index (Phi) is 4.11. The predicted molar refractivity (Wildman–Crippen MR) is 77.3 cm³/mol. The van der Waals surface area contributed by atoms with E-state index >= 15 is 0 Å². The van der Waals surface area contributed by atoms with Gasteiger partial charge in [0.25, 0.3) is 0 Å². The van der Waals surface area contributed by atoms with Crippen molar-refractivity contribution in [2.75, 3.05) is 0 Å². The highest BCUT2D eigenvalue weighted by Gasteiger charge is 2.39. The van der Waals surface area contributed by atoms with E-state index in [-0.39, 0.29) is 5.60 Å². The average Bonchev–Trinajstić information content (AvgIpc) is 2.74. The SMILES string of the molecule is CCCC/C=C1\OC(CC)(CC)c2ccccc21. The molecule has 1 heterocycles. The molecule has 0 amide bonds. The van der Waals surface area contributed by atoms with Crippen LogP contribution in [-0.2, 0) is 10.3 Å². The zero-order chi connectivity index (χ0) is 13.0. The Bertz CT molecular complexity index is 427. The van der Waals surface area contributed by atoms with Crippen LogP contribution >= 0.6 is 0 Å². The van der Waals surface area contributed by atoms with Crippen LogP contribution in [0.4, 0.5) is 0 Å². The quantitative estimate of drug-likeness (QED) is 0.642. The van der Waals surface area contributed by atoms with Gasteiger partial charge in [0.1, 0.15) is 11.4 Å². The molecule has 1 aliphatic heterocycles. The Morgan fingerprint density at radius 2 is 1.83 bits per heavy atom. The van der Waals surface area contributed by atoms with Crippen molar-refractivity contribution in [3.05, 3.63) is 41.5 Å². The molecular formula is C17H24O. The highest BCUT2D eigenvalue weighted by molar-refractivity contribution is 5.68. The molecule has 0 saturated heterocycles. The maximum absolute atomic E-state index is 6.33. The second kappa shape index (κ2) is 5.60. The molecule has 0 fully saturated rings. The van der Waals surface area contributed by atoms with Gasteiger partial charge >= 0.3 is 0 Å². The Hall–Kier alpha value is -1.24. The van der Waals surface area contributed by atoms with Gasteiger partial charge in [-0.15, -0.1) is 0 Å². The number of rotatable bonds is 5. The van der Waals surface area contributed by atoms with Crippen molar-refractivity contribution in [2.24, 2.45) is 0 Å². The molecule has 1 aromatic rings. The summed E-state index contributed by atoms with van der Waals surface area (Å²) < 4.78 is 6.33. The highest BCUT2D eigenvalue weighted by Crippen LogP contribution is 2.47. The van der Waals surface area contributed by atoms with Gasteiger partial charge in [-0.3, -0.25) is 0 Å². The minimum atomic E-state index is -0.0886. The number of hydrogen-bond acceptors (Lipinski definition) is 1. The molecule has 0 aliphatic carbocycles. The van der Waals surface area contributed by atoms with Gasteiger partial charge in [0.15, 0.2) is 0 Å². The van der Waals surface area contributed by atoms with Crippen LogP contribution in [0.25, 0.3) is 5.76 Å². The maximum atomic E-state index is 6.33. The van der Waals surface area contributed by atoms with Crippen molar-refractivity contribution < 1.29 is 4.74 Å². The molecule has 0 atom stereocenters. The first-order valence-electron chi connectivity index (χ1n) is 7.26. The second-order valence-corrected chi connectivity index (χ2v) is 5.06. The molecule has 2 rings (SSSR count). The molecule has 0 spiro atoms. The number of ether oxygens (including phenoxy) is 1. The Labute approximate surface area is 111 Å². The van der Waals surface area contributed by atoms with Crippen LogP contribution in [0.1, 0.15) is 64.0 Å². The minimum Gasteiger partial charge on any atom is -0.482 e. The highest BCUT2D eigenvalue weighted by atomic mass is 16.5. The Morgan fingerprint density at radius 1 is 1.11 bits per heavy atom. The lowest BCUT2D eigenvalue weighted by Crippen LogP contribution is -2.22. The molecule has 0 saturated carbocycles. The summed E-state index contributed by atoms with van der Waals surface area (Å²) in [5.41, 5.74) is 2.59. The summed E-state index contributed by atoms with van der Waals surface area (Å²) in [4.78, 5) is 0. The molecule has 0 bridgehead atoms. The fraction of sp³-hybridized carbons (Fsp3) is 0.529. The summed E-state index contributed by atoms with van der Waals surface area (Å²) in [5.74, 6) is 1.10. The van der Waals surface area contributed by atoms with Crippen molar-refractivity contribution in [1.29, 1.82) is 0 Å². The number of fused-ring (bicyclic) bond motifs is 1. The van der Waals surface area contributed by atoms with Crippen molar-refractivity contribution in [3.63, 3.8) is 0 Å². The van der Waals surface area contributed by atoms with Gasteiger partial charge in [-0.05, 0) is 31.8 Å². The second-order valence-electron chi connectivity index (χ2n) is 5.06. The summed E-state index contributed by atoms with van der Waals surface area (Å²) in [6.07, 6.45) is 7.93. The van der Waals surface area contributed by atoms with Crippen molar-refractivity contribution in [2.45, 2.75) is 58.5 Å². The summed E-state index contributed by atoms with van der Waals surface area (Å²) in [5, 5.41) is 0. The van der Waals surface area contributed by atoms with Gasteiger partial charge in [0.2, 0.25) is 0 Å². The molecule has 0 unspecified atom stereocenters. The molecule has 0 aromatic heterocycles. The van der Waals surface area contributed by atoms with Crippen LogP contribution in [0.5, 0.6) is 0 Å². The summed E-state index contributed by atoms with van der Waals surface area (Å²) in [6, 6.07) is 8.65. The van der Waals surface area contributed by atoms with E-state index in [2.05, 4.69) is 51.1 Å². The Balaban J connectivity index is 2.36. The standard InChI is InChI=1S/C17H24O/c1-4-7-8-13-16-14-11-9-10-12-15(14)17(5-2,6-3)18-16/h9-13H,4-8H2,1-3H3/b16-13-. The average molecular weight is 244 g/mol. The number of benzene rings is 1. The van der Waals surface area contributed by atoms with Gasteiger partial charge in [-0.2, -0.15) is 0 Å². The van der Waals surface area contributed by atoms with E-state index in [9.17, 15) is 0 Å². The predicted octanol–water partition coefficient (Wildman–Crippen LogP) is 5.26. The molecule has 0 radical (unpaired) electrons. The minimum absolute atomic E-state index is 0.0886. The largest absolute Gasteiger partial charge is 0.482 e. The Morgan fingerprint density at radius 3 is 2.50 bits per heavy atom. The van der Waals surface area contributed by atoms with Crippen LogP contribution in [0.3, 0.4) is 0 Å². The zero-order valence-electron chi connectivity index (χ0n) is 11.8. The van der Waals surface area contributed by atoms with Crippen LogP contribution in [0.2, 0.25) is 0 Å². The third kappa shape index (κ3) is 2.19. The third-order valence-corrected chi connectivity index (χ3v) is 4.02. The van der Waals surface area contributed by atoms with Gasteiger partial charge < -0.3 is 4.74 Å². The lowest BCUT2D eigenvalue weighted by molar-refractivity contribution is 0.0431. The van der Waals surface area contributed by atoms with Crippen molar-refractivity contribution >= 4 is 5.76 Å². The first-order chi connectivity index (χ1) is 8.77. The molecule has 18 heavy (non-hydrogen) atoms. The summed E-state index contributed by atoms with van der Waals surface area (Å²) in [6.45, 7) is 6.66. The van der Waals surface area contributed by atoms with Gasteiger partial charge in [0, 0.05) is 11.1 Å². The van der Waals surface area contributed by atoms with Gasteiger partial charge in [-0.1, -0.05) is 51.5 Å².